The Morgan fingerprint density at radius 3 is 1.21 bits per heavy atom. The summed E-state index contributed by atoms with van der Waals surface area (Å²) in [5.41, 5.74) is 9.51. The number of aryl methyl sites for hydroxylation is 3. The summed E-state index contributed by atoms with van der Waals surface area (Å²) in [5, 5.41) is 1.20. The normalized spacial score (nSPS) is 12.9. The number of hydrogen-bond donors (Lipinski definition) is 0. The minimum absolute atomic E-state index is 0.936. The van der Waals surface area contributed by atoms with Crippen molar-refractivity contribution in [2.24, 2.45) is 0 Å². The molecule has 0 aliphatic heterocycles. The molecule has 0 saturated heterocycles. The van der Waals surface area contributed by atoms with Gasteiger partial charge in [-0.15, -0.1) is 0 Å². The average molecular weight is 517 g/mol. The second-order valence-corrected chi connectivity index (χ2v) is 18.3. The molecule has 33 heavy (non-hydrogen) atoms. The molecule has 0 aromatic heterocycles. The molecule has 0 fully saturated rings. The van der Waals surface area contributed by atoms with E-state index in [4.69, 9.17) is 15.5 Å². The number of rotatable bonds is 5. The van der Waals surface area contributed by atoms with Crippen LogP contribution in [-0.4, -0.2) is 0 Å². The first kappa shape index (κ1) is 23.9. The predicted molar refractivity (Wildman–Crippen MR) is 153 cm³/mol. The van der Waals surface area contributed by atoms with Crippen LogP contribution in [0.1, 0.15) is 38.9 Å². The van der Waals surface area contributed by atoms with Gasteiger partial charge in [0.25, 0.3) is 0 Å². The van der Waals surface area contributed by atoms with Gasteiger partial charge in [-0.1, -0.05) is 0 Å². The molecule has 0 heterocycles. The first-order valence-corrected chi connectivity index (χ1v) is 16.1. The van der Waals surface area contributed by atoms with E-state index in [1.165, 1.54) is 54.9 Å². The summed E-state index contributed by atoms with van der Waals surface area (Å²) in [4.78, 5) is 0. The summed E-state index contributed by atoms with van der Waals surface area (Å²) in [6.45, 7) is 13.6. The van der Waals surface area contributed by atoms with Crippen molar-refractivity contribution >= 4 is 36.7 Å². The molecule has 0 saturated carbocycles. The van der Waals surface area contributed by atoms with Crippen molar-refractivity contribution < 1.29 is 0 Å². The van der Waals surface area contributed by atoms with Gasteiger partial charge in [-0.05, 0) is 0 Å². The molecule has 0 atom stereocenters. The topological polar surface area (TPSA) is 0 Å². The zero-order chi connectivity index (χ0) is 23.8. The molecular weight excluding hydrogens is 483 g/mol. The Kier molecular flexibility index (Phi) is 6.43. The van der Waals surface area contributed by atoms with Crippen LogP contribution in [0.5, 0.6) is 0 Å². The molecule has 0 spiro atoms. The van der Waals surface area contributed by atoms with Gasteiger partial charge in [-0.25, -0.2) is 0 Å². The molecule has 0 N–H and O–H groups in total. The predicted octanol–water partition coefficient (Wildman–Crippen LogP) is 7.88. The molecule has 0 nitrogen and oxygen atoms in total. The first-order valence-electron chi connectivity index (χ1n) is 11.7. The van der Waals surface area contributed by atoms with Gasteiger partial charge in [0.2, 0.25) is 0 Å². The molecule has 0 aliphatic carbocycles. The Bertz CT molecular complexity index is 1190. The fraction of sp³-hybridized carbons (Fsp3) is 0.226. The standard InChI is InChI=1S/C31H34BrP/c1-22-13-10-18-29(25(22)4)33(32,21-28-16-8-7-9-17-28,30-19-11-14-23(2)26(30)5)31-20-12-15-24(3)27(31)6/h7-20H,21H2,1-6H3. The first-order chi connectivity index (χ1) is 15.7. The molecule has 0 aliphatic rings. The van der Waals surface area contributed by atoms with Gasteiger partial charge in [-0.3, -0.25) is 0 Å². The Balaban J connectivity index is 2.28. The summed E-state index contributed by atoms with van der Waals surface area (Å²) in [5.74, 6) is 0. The monoisotopic (exact) mass is 516 g/mol. The molecule has 0 radical (unpaired) electrons. The van der Waals surface area contributed by atoms with Crippen molar-refractivity contribution in [3.8, 4) is 0 Å². The molecule has 4 rings (SSSR count). The number of halogens is 1. The molecule has 4 aromatic rings. The zero-order valence-corrected chi connectivity index (χ0v) is 23.1. The van der Waals surface area contributed by atoms with Crippen LogP contribution in [0.25, 0.3) is 0 Å². The van der Waals surface area contributed by atoms with Gasteiger partial charge < -0.3 is 0 Å². The van der Waals surface area contributed by atoms with Gasteiger partial charge in [-0.2, -0.15) is 0 Å². The quantitative estimate of drug-likeness (QED) is 0.236. The fourth-order valence-electron chi connectivity index (χ4n) is 5.29. The van der Waals surface area contributed by atoms with E-state index in [9.17, 15) is 0 Å². The zero-order valence-electron chi connectivity index (χ0n) is 20.6. The van der Waals surface area contributed by atoms with E-state index < -0.39 is 5.31 Å². The summed E-state index contributed by atoms with van der Waals surface area (Å²) in [6, 6.07) is 31.6. The molecule has 2 heteroatoms. The Hall–Kier alpha value is -2.21. The molecule has 0 amide bonds. The van der Waals surface area contributed by atoms with Crippen molar-refractivity contribution in [3.05, 3.63) is 124 Å². The second-order valence-electron chi connectivity index (χ2n) is 9.48. The summed E-state index contributed by atoms with van der Waals surface area (Å²) in [7, 11) is 0. The minimum atomic E-state index is -3.11. The van der Waals surface area contributed by atoms with Crippen molar-refractivity contribution in [2.75, 3.05) is 0 Å². The van der Waals surface area contributed by atoms with E-state index >= 15 is 0 Å². The maximum absolute atomic E-state index is 4.74. The number of hydrogen-bond acceptors (Lipinski definition) is 0. The van der Waals surface area contributed by atoms with Crippen LogP contribution in [0.4, 0.5) is 0 Å². The van der Waals surface area contributed by atoms with Crippen LogP contribution < -0.4 is 15.9 Å². The van der Waals surface area contributed by atoms with Crippen molar-refractivity contribution in [2.45, 2.75) is 47.7 Å². The van der Waals surface area contributed by atoms with E-state index in [1.807, 2.05) is 0 Å². The molecule has 0 bridgehead atoms. The third-order valence-electron chi connectivity index (χ3n) is 7.56. The van der Waals surface area contributed by atoms with E-state index in [-0.39, 0.29) is 0 Å². The average Bonchev–Trinajstić information content (AvgIpc) is 2.80. The SMILES string of the molecule is Cc1cccc(P(Br)(Cc2ccccc2)(c2cccc(C)c2C)c2cccc(C)c2C)c1C. The summed E-state index contributed by atoms with van der Waals surface area (Å²) >= 11 is 4.74. The van der Waals surface area contributed by atoms with E-state index in [1.54, 1.807) is 0 Å². The van der Waals surface area contributed by atoms with Crippen molar-refractivity contribution in [1.29, 1.82) is 0 Å². The Labute approximate surface area is 207 Å². The van der Waals surface area contributed by atoms with Crippen LogP contribution >= 0.6 is 20.8 Å². The fourth-order valence-corrected chi connectivity index (χ4v) is 15.6. The van der Waals surface area contributed by atoms with Crippen LogP contribution in [0.2, 0.25) is 0 Å². The maximum atomic E-state index is 4.74. The van der Waals surface area contributed by atoms with E-state index in [0.29, 0.717) is 0 Å². The van der Waals surface area contributed by atoms with Crippen LogP contribution in [0.15, 0.2) is 84.9 Å². The van der Waals surface area contributed by atoms with Gasteiger partial charge in [0.05, 0.1) is 0 Å². The summed E-state index contributed by atoms with van der Waals surface area (Å²) in [6.07, 6.45) is 0.936. The van der Waals surface area contributed by atoms with Crippen LogP contribution in [-0.2, 0) is 6.16 Å². The van der Waals surface area contributed by atoms with Gasteiger partial charge in [0.15, 0.2) is 0 Å². The van der Waals surface area contributed by atoms with Gasteiger partial charge in [0, 0.05) is 0 Å². The van der Waals surface area contributed by atoms with Crippen LogP contribution in [0.3, 0.4) is 0 Å². The number of benzene rings is 4. The van der Waals surface area contributed by atoms with E-state index in [0.717, 1.165) is 6.16 Å². The molecular formula is C31H34BrP. The van der Waals surface area contributed by atoms with Crippen LogP contribution in [0, 0.1) is 41.5 Å². The third-order valence-corrected chi connectivity index (χ3v) is 17.2. The Morgan fingerprint density at radius 2 is 0.848 bits per heavy atom. The van der Waals surface area contributed by atoms with E-state index in [2.05, 4.69) is 126 Å². The third kappa shape index (κ3) is 3.80. The van der Waals surface area contributed by atoms with Crippen molar-refractivity contribution in [3.63, 3.8) is 0 Å². The Morgan fingerprint density at radius 1 is 0.485 bits per heavy atom. The molecule has 170 valence electrons. The van der Waals surface area contributed by atoms with Gasteiger partial charge >= 0.3 is 208 Å². The van der Waals surface area contributed by atoms with Gasteiger partial charge in [0.1, 0.15) is 0 Å². The molecule has 0 unspecified atom stereocenters. The summed E-state index contributed by atoms with van der Waals surface area (Å²) < 4.78 is 0. The molecule has 4 aromatic carbocycles. The second kappa shape index (κ2) is 8.86. The van der Waals surface area contributed by atoms with Crippen molar-refractivity contribution in [1.82, 2.24) is 0 Å².